The summed E-state index contributed by atoms with van der Waals surface area (Å²) in [5.74, 6) is 1.42. The molecular formula is C24H27NO3. The predicted molar refractivity (Wildman–Crippen MR) is 113 cm³/mol. The van der Waals surface area contributed by atoms with E-state index in [1.807, 2.05) is 61.5 Å². The second-order valence-electron chi connectivity index (χ2n) is 6.63. The highest BCUT2D eigenvalue weighted by Crippen LogP contribution is 2.26. The zero-order valence-corrected chi connectivity index (χ0v) is 16.5. The van der Waals surface area contributed by atoms with Crippen LogP contribution in [-0.4, -0.2) is 25.2 Å². The molecule has 0 radical (unpaired) electrons. The van der Waals surface area contributed by atoms with Gasteiger partial charge in [-0.25, -0.2) is 0 Å². The highest BCUT2D eigenvalue weighted by atomic mass is 16.5. The van der Waals surface area contributed by atoms with E-state index < -0.39 is 6.10 Å². The average molecular weight is 377 g/mol. The highest BCUT2D eigenvalue weighted by molar-refractivity contribution is 5.89. The Morgan fingerprint density at radius 1 is 0.964 bits per heavy atom. The first kappa shape index (κ1) is 19.7. The van der Waals surface area contributed by atoms with Crippen LogP contribution in [0.25, 0.3) is 10.8 Å². The smallest absolute Gasteiger partial charge is 0.261 e. The van der Waals surface area contributed by atoms with Crippen LogP contribution in [0, 0.1) is 0 Å². The molecular weight excluding hydrogens is 350 g/mol. The number of aryl methyl sites for hydroxylation is 1. The molecule has 0 aliphatic rings. The fourth-order valence-corrected chi connectivity index (χ4v) is 3.05. The molecule has 1 atom stereocenters. The molecule has 0 aromatic heterocycles. The molecule has 28 heavy (non-hydrogen) atoms. The molecule has 0 bridgehead atoms. The third-order valence-corrected chi connectivity index (χ3v) is 4.68. The van der Waals surface area contributed by atoms with Crippen LogP contribution in [0.1, 0.15) is 25.8 Å². The van der Waals surface area contributed by atoms with E-state index in [1.165, 1.54) is 5.56 Å². The second-order valence-corrected chi connectivity index (χ2v) is 6.63. The number of rotatable bonds is 9. The fourth-order valence-electron chi connectivity index (χ4n) is 3.05. The molecule has 3 aromatic rings. The second kappa shape index (κ2) is 9.79. The van der Waals surface area contributed by atoms with E-state index in [1.54, 1.807) is 0 Å². The number of ether oxygens (including phenoxy) is 2. The van der Waals surface area contributed by atoms with Crippen molar-refractivity contribution in [2.45, 2.75) is 32.8 Å². The van der Waals surface area contributed by atoms with Gasteiger partial charge in [0.15, 0.2) is 6.10 Å². The molecule has 3 rings (SSSR count). The van der Waals surface area contributed by atoms with Crippen molar-refractivity contribution in [2.24, 2.45) is 0 Å². The maximum atomic E-state index is 12.5. The lowest BCUT2D eigenvalue weighted by molar-refractivity contribution is -0.128. The Morgan fingerprint density at radius 2 is 1.71 bits per heavy atom. The van der Waals surface area contributed by atoms with Crippen molar-refractivity contribution in [3.63, 3.8) is 0 Å². The molecule has 3 aromatic carbocycles. The number of amides is 1. The maximum Gasteiger partial charge on any atom is 0.261 e. The van der Waals surface area contributed by atoms with Gasteiger partial charge in [-0.2, -0.15) is 0 Å². The minimum Gasteiger partial charge on any atom is -0.492 e. The molecule has 4 nitrogen and oxygen atoms in total. The molecule has 1 N–H and O–H groups in total. The summed E-state index contributed by atoms with van der Waals surface area (Å²) in [5, 5.41) is 5.01. The van der Waals surface area contributed by atoms with Crippen LogP contribution >= 0.6 is 0 Å². The van der Waals surface area contributed by atoms with Crippen LogP contribution in [0.2, 0.25) is 0 Å². The SMILES string of the molecule is CCc1ccc(OCCNC(=O)[C@H](CC)Oc2cccc3ccccc23)cc1. The summed E-state index contributed by atoms with van der Waals surface area (Å²) in [6.07, 6.45) is 1.06. The van der Waals surface area contributed by atoms with E-state index >= 15 is 0 Å². The van der Waals surface area contributed by atoms with E-state index in [4.69, 9.17) is 9.47 Å². The molecule has 1 amide bonds. The molecule has 0 saturated carbocycles. The zero-order valence-electron chi connectivity index (χ0n) is 16.5. The summed E-state index contributed by atoms with van der Waals surface area (Å²) < 4.78 is 11.7. The van der Waals surface area contributed by atoms with Crippen molar-refractivity contribution >= 4 is 16.7 Å². The van der Waals surface area contributed by atoms with Crippen molar-refractivity contribution in [3.8, 4) is 11.5 Å². The Bertz CT molecular complexity index is 900. The molecule has 0 saturated heterocycles. The molecule has 0 fully saturated rings. The Morgan fingerprint density at radius 3 is 2.46 bits per heavy atom. The highest BCUT2D eigenvalue weighted by Gasteiger charge is 2.18. The minimum absolute atomic E-state index is 0.125. The van der Waals surface area contributed by atoms with Crippen molar-refractivity contribution in [1.82, 2.24) is 5.32 Å². The maximum absolute atomic E-state index is 12.5. The van der Waals surface area contributed by atoms with Crippen molar-refractivity contribution in [2.75, 3.05) is 13.2 Å². The van der Waals surface area contributed by atoms with E-state index in [2.05, 4.69) is 24.4 Å². The molecule has 4 heteroatoms. The van der Waals surface area contributed by atoms with Gasteiger partial charge >= 0.3 is 0 Å². The van der Waals surface area contributed by atoms with Gasteiger partial charge in [0.25, 0.3) is 5.91 Å². The van der Waals surface area contributed by atoms with Gasteiger partial charge in [0, 0.05) is 5.39 Å². The van der Waals surface area contributed by atoms with Gasteiger partial charge in [0.05, 0.1) is 6.54 Å². The Hall–Kier alpha value is -3.01. The van der Waals surface area contributed by atoms with Crippen LogP contribution in [-0.2, 0) is 11.2 Å². The van der Waals surface area contributed by atoms with Crippen LogP contribution in [0.15, 0.2) is 66.7 Å². The van der Waals surface area contributed by atoms with Gasteiger partial charge < -0.3 is 14.8 Å². The molecule has 0 aliphatic carbocycles. The summed E-state index contributed by atoms with van der Waals surface area (Å²) in [4.78, 5) is 12.5. The average Bonchev–Trinajstić information content (AvgIpc) is 2.75. The van der Waals surface area contributed by atoms with Gasteiger partial charge in [-0.1, -0.05) is 62.4 Å². The Labute approximate surface area is 166 Å². The standard InChI is InChI=1S/C24H27NO3/c1-3-18-12-14-20(15-13-18)27-17-16-25-24(26)22(4-2)28-23-11-7-9-19-8-5-6-10-21(19)23/h5-15,22H,3-4,16-17H2,1-2H3,(H,25,26)/t22-/m0/s1. The van der Waals surface area contributed by atoms with Gasteiger partial charge in [0.2, 0.25) is 0 Å². The molecule has 146 valence electrons. The Kier molecular flexibility index (Phi) is 6.90. The molecule has 0 unspecified atom stereocenters. The quantitative estimate of drug-likeness (QED) is 0.547. The first-order valence-electron chi connectivity index (χ1n) is 9.85. The largest absolute Gasteiger partial charge is 0.492 e. The third kappa shape index (κ3) is 5.03. The molecule has 0 heterocycles. The van der Waals surface area contributed by atoms with Crippen molar-refractivity contribution in [3.05, 3.63) is 72.3 Å². The monoisotopic (exact) mass is 377 g/mol. The summed E-state index contributed by atoms with van der Waals surface area (Å²) in [6.45, 7) is 4.92. The van der Waals surface area contributed by atoms with E-state index in [0.717, 1.165) is 28.7 Å². The topological polar surface area (TPSA) is 47.6 Å². The third-order valence-electron chi connectivity index (χ3n) is 4.68. The number of nitrogens with one attached hydrogen (secondary N) is 1. The van der Waals surface area contributed by atoms with Crippen LogP contribution in [0.3, 0.4) is 0 Å². The minimum atomic E-state index is -0.533. The number of hydrogen-bond acceptors (Lipinski definition) is 3. The van der Waals surface area contributed by atoms with Crippen molar-refractivity contribution in [1.29, 1.82) is 0 Å². The normalized spacial score (nSPS) is 11.8. The molecule has 0 aliphatic heterocycles. The lowest BCUT2D eigenvalue weighted by Gasteiger charge is -2.18. The van der Waals surface area contributed by atoms with E-state index in [-0.39, 0.29) is 5.91 Å². The summed E-state index contributed by atoms with van der Waals surface area (Å²) >= 11 is 0. The first-order chi connectivity index (χ1) is 13.7. The fraction of sp³-hybridized carbons (Fsp3) is 0.292. The zero-order chi connectivity index (χ0) is 19.8. The van der Waals surface area contributed by atoms with Gasteiger partial charge in [0.1, 0.15) is 18.1 Å². The number of carbonyl (C=O) groups excluding carboxylic acids is 1. The summed E-state index contributed by atoms with van der Waals surface area (Å²) in [6, 6.07) is 21.9. The van der Waals surface area contributed by atoms with Gasteiger partial charge in [-0.15, -0.1) is 0 Å². The van der Waals surface area contributed by atoms with Crippen LogP contribution in [0.5, 0.6) is 11.5 Å². The van der Waals surface area contributed by atoms with Gasteiger partial charge in [-0.05, 0) is 42.0 Å². The van der Waals surface area contributed by atoms with Crippen molar-refractivity contribution < 1.29 is 14.3 Å². The van der Waals surface area contributed by atoms with E-state index in [0.29, 0.717) is 19.6 Å². The lowest BCUT2D eigenvalue weighted by atomic mass is 10.1. The summed E-state index contributed by atoms with van der Waals surface area (Å²) in [7, 11) is 0. The number of benzene rings is 3. The number of fused-ring (bicyclic) bond motifs is 1. The van der Waals surface area contributed by atoms with E-state index in [9.17, 15) is 4.79 Å². The lowest BCUT2D eigenvalue weighted by Crippen LogP contribution is -2.39. The number of hydrogen-bond donors (Lipinski definition) is 1. The molecule has 0 spiro atoms. The van der Waals surface area contributed by atoms with Gasteiger partial charge in [-0.3, -0.25) is 4.79 Å². The number of carbonyl (C=O) groups is 1. The predicted octanol–water partition coefficient (Wildman–Crippen LogP) is 4.75. The van der Waals surface area contributed by atoms with Crippen LogP contribution in [0.4, 0.5) is 0 Å². The first-order valence-corrected chi connectivity index (χ1v) is 9.85. The Balaban J connectivity index is 1.51. The summed E-state index contributed by atoms with van der Waals surface area (Å²) in [5.41, 5.74) is 1.28. The van der Waals surface area contributed by atoms with Crippen LogP contribution < -0.4 is 14.8 Å².